The van der Waals surface area contributed by atoms with Gasteiger partial charge in [0.25, 0.3) is 0 Å². The predicted octanol–water partition coefficient (Wildman–Crippen LogP) is 4.05. The van der Waals surface area contributed by atoms with E-state index in [9.17, 15) is 9.18 Å². The highest BCUT2D eigenvalue weighted by molar-refractivity contribution is 6.13. The van der Waals surface area contributed by atoms with Crippen LogP contribution in [0.5, 0.6) is 5.75 Å². The number of benzene rings is 2. The molecule has 0 unspecified atom stereocenters. The number of allylic oxidation sites excluding steroid dienone is 1. The molecule has 21 heavy (non-hydrogen) atoms. The third kappa shape index (κ3) is 2.59. The van der Waals surface area contributed by atoms with Gasteiger partial charge in [0.05, 0.1) is 7.11 Å². The lowest BCUT2D eigenvalue weighted by Crippen LogP contribution is -2.14. The zero-order chi connectivity index (χ0) is 14.8. The molecule has 0 atom stereocenters. The van der Waals surface area contributed by atoms with Gasteiger partial charge < -0.3 is 4.74 Å². The fraction of sp³-hybridized carbons (Fsp3) is 0.167. The fourth-order valence-electron chi connectivity index (χ4n) is 2.60. The molecule has 0 aliphatic heterocycles. The van der Waals surface area contributed by atoms with Crippen molar-refractivity contribution in [1.82, 2.24) is 0 Å². The first kappa shape index (κ1) is 13.6. The van der Waals surface area contributed by atoms with Gasteiger partial charge in [0.15, 0.2) is 5.78 Å². The van der Waals surface area contributed by atoms with Crippen molar-refractivity contribution in [2.24, 2.45) is 0 Å². The maximum absolute atomic E-state index is 13.7. The molecule has 0 saturated heterocycles. The molecular weight excluding hydrogens is 267 g/mol. The van der Waals surface area contributed by atoms with Crippen LogP contribution in [0.3, 0.4) is 0 Å². The highest BCUT2D eigenvalue weighted by Crippen LogP contribution is 2.29. The van der Waals surface area contributed by atoms with Crippen LogP contribution in [0, 0.1) is 5.82 Å². The molecule has 2 nitrogen and oxygen atoms in total. The van der Waals surface area contributed by atoms with Crippen molar-refractivity contribution in [2.45, 2.75) is 12.8 Å². The summed E-state index contributed by atoms with van der Waals surface area (Å²) in [6.45, 7) is 0. The minimum Gasteiger partial charge on any atom is -0.497 e. The molecule has 0 spiro atoms. The van der Waals surface area contributed by atoms with E-state index in [1.54, 1.807) is 43.5 Å². The molecule has 0 N–H and O–H groups in total. The van der Waals surface area contributed by atoms with Gasteiger partial charge in [0.1, 0.15) is 11.6 Å². The van der Waals surface area contributed by atoms with Gasteiger partial charge in [-0.3, -0.25) is 4.79 Å². The minimum absolute atomic E-state index is 0.0258. The second-order valence-corrected chi connectivity index (χ2v) is 5.04. The van der Waals surface area contributed by atoms with Gasteiger partial charge in [-0.05, 0) is 48.7 Å². The number of halogens is 1. The fourth-order valence-corrected chi connectivity index (χ4v) is 2.60. The standard InChI is InChI=1S/C18H15FO2/c1-21-15-8-9-16-12(11-15)6-7-14(18(16)20)10-13-4-2-3-5-17(13)19/h2-5,8-11H,6-7H2,1H3/b14-10-. The Morgan fingerprint density at radius 2 is 1.95 bits per heavy atom. The van der Waals surface area contributed by atoms with Gasteiger partial charge in [-0.15, -0.1) is 0 Å². The molecule has 0 radical (unpaired) electrons. The van der Waals surface area contributed by atoms with E-state index in [2.05, 4.69) is 0 Å². The van der Waals surface area contributed by atoms with Gasteiger partial charge >= 0.3 is 0 Å². The smallest absolute Gasteiger partial charge is 0.189 e. The maximum Gasteiger partial charge on any atom is 0.189 e. The molecule has 0 saturated carbocycles. The molecule has 0 amide bonds. The number of rotatable bonds is 2. The van der Waals surface area contributed by atoms with Crippen LogP contribution in [0.1, 0.15) is 27.9 Å². The van der Waals surface area contributed by atoms with Gasteiger partial charge in [-0.2, -0.15) is 0 Å². The lowest BCUT2D eigenvalue weighted by Gasteiger charge is -2.18. The summed E-state index contributed by atoms with van der Waals surface area (Å²) < 4.78 is 18.9. The molecule has 0 heterocycles. The molecule has 106 valence electrons. The molecule has 3 rings (SSSR count). The van der Waals surface area contributed by atoms with Crippen LogP contribution < -0.4 is 4.74 Å². The number of ketones is 1. The van der Waals surface area contributed by atoms with E-state index in [1.165, 1.54) is 6.07 Å². The number of aryl methyl sites for hydroxylation is 1. The topological polar surface area (TPSA) is 26.3 Å². The third-order valence-corrected chi connectivity index (χ3v) is 3.75. The lowest BCUT2D eigenvalue weighted by molar-refractivity contribution is 0.102. The number of Topliss-reactive ketones (excluding diaryl/α,β-unsaturated/α-hetero) is 1. The molecule has 0 bridgehead atoms. The monoisotopic (exact) mass is 282 g/mol. The van der Waals surface area contributed by atoms with Gasteiger partial charge in [-0.25, -0.2) is 4.39 Å². The SMILES string of the molecule is COc1ccc2c(c1)CC/C(=C/c1ccccc1F)C2=O. The number of hydrogen-bond donors (Lipinski definition) is 0. The average molecular weight is 282 g/mol. The summed E-state index contributed by atoms with van der Waals surface area (Å²) in [6, 6.07) is 11.9. The predicted molar refractivity (Wildman–Crippen MR) is 80.0 cm³/mol. The second kappa shape index (κ2) is 5.52. The van der Waals surface area contributed by atoms with Gasteiger partial charge in [0.2, 0.25) is 0 Å². The van der Waals surface area contributed by atoms with Crippen molar-refractivity contribution in [1.29, 1.82) is 0 Å². The van der Waals surface area contributed by atoms with Crippen LogP contribution in [-0.2, 0) is 6.42 Å². The second-order valence-electron chi connectivity index (χ2n) is 5.04. The number of ether oxygens (including phenoxy) is 1. The lowest BCUT2D eigenvalue weighted by atomic mass is 9.86. The van der Waals surface area contributed by atoms with Crippen molar-refractivity contribution in [3.63, 3.8) is 0 Å². The summed E-state index contributed by atoms with van der Waals surface area (Å²) in [5, 5.41) is 0. The van der Waals surface area contributed by atoms with Gasteiger partial charge in [-0.1, -0.05) is 18.2 Å². The highest BCUT2D eigenvalue weighted by atomic mass is 19.1. The third-order valence-electron chi connectivity index (χ3n) is 3.75. The minimum atomic E-state index is -0.307. The first-order valence-electron chi connectivity index (χ1n) is 6.86. The van der Waals surface area contributed by atoms with Crippen molar-refractivity contribution >= 4 is 11.9 Å². The summed E-state index contributed by atoms with van der Waals surface area (Å²) in [5.41, 5.74) is 2.78. The Kier molecular flexibility index (Phi) is 3.57. The largest absolute Gasteiger partial charge is 0.497 e. The maximum atomic E-state index is 13.7. The first-order chi connectivity index (χ1) is 10.2. The van der Waals surface area contributed by atoms with E-state index >= 15 is 0 Å². The van der Waals surface area contributed by atoms with Crippen LogP contribution in [0.4, 0.5) is 4.39 Å². The van der Waals surface area contributed by atoms with Crippen molar-refractivity contribution in [2.75, 3.05) is 7.11 Å². The van der Waals surface area contributed by atoms with Crippen LogP contribution >= 0.6 is 0 Å². The number of fused-ring (bicyclic) bond motifs is 1. The zero-order valence-corrected chi connectivity index (χ0v) is 11.7. The molecule has 0 aromatic heterocycles. The number of carbonyl (C=O) groups excluding carboxylic acids is 1. The highest BCUT2D eigenvalue weighted by Gasteiger charge is 2.22. The molecule has 2 aromatic rings. The molecule has 1 aliphatic carbocycles. The quantitative estimate of drug-likeness (QED) is 0.777. The summed E-state index contributed by atoms with van der Waals surface area (Å²) in [4.78, 5) is 12.5. The average Bonchev–Trinajstić information content (AvgIpc) is 2.51. The summed E-state index contributed by atoms with van der Waals surface area (Å²) in [6.07, 6.45) is 3.04. The van der Waals surface area contributed by atoms with Crippen LogP contribution in [0.2, 0.25) is 0 Å². The first-order valence-corrected chi connectivity index (χ1v) is 6.86. The van der Waals surface area contributed by atoms with E-state index < -0.39 is 0 Å². The van der Waals surface area contributed by atoms with Crippen molar-refractivity contribution < 1.29 is 13.9 Å². The van der Waals surface area contributed by atoms with E-state index in [-0.39, 0.29) is 11.6 Å². The Bertz CT molecular complexity index is 732. The molecule has 3 heteroatoms. The van der Waals surface area contributed by atoms with Gasteiger partial charge in [0, 0.05) is 16.7 Å². The van der Waals surface area contributed by atoms with Crippen LogP contribution in [0.25, 0.3) is 6.08 Å². The van der Waals surface area contributed by atoms with E-state index in [0.29, 0.717) is 23.1 Å². The van der Waals surface area contributed by atoms with E-state index in [4.69, 9.17) is 4.74 Å². The number of carbonyl (C=O) groups is 1. The Labute approximate surface area is 122 Å². The Morgan fingerprint density at radius 1 is 1.14 bits per heavy atom. The number of methoxy groups -OCH3 is 1. The molecule has 2 aromatic carbocycles. The van der Waals surface area contributed by atoms with E-state index in [1.807, 2.05) is 6.07 Å². The normalized spacial score (nSPS) is 15.9. The Hall–Kier alpha value is -2.42. The van der Waals surface area contributed by atoms with Crippen LogP contribution in [0.15, 0.2) is 48.0 Å². The molecular formula is C18H15FO2. The zero-order valence-electron chi connectivity index (χ0n) is 11.7. The van der Waals surface area contributed by atoms with E-state index in [0.717, 1.165) is 17.7 Å². The number of hydrogen-bond acceptors (Lipinski definition) is 2. The summed E-state index contributed by atoms with van der Waals surface area (Å²) in [5.74, 6) is 0.420. The van der Waals surface area contributed by atoms with Crippen LogP contribution in [-0.4, -0.2) is 12.9 Å². The molecule has 1 aliphatic rings. The van der Waals surface area contributed by atoms with Crippen molar-refractivity contribution in [3.8, 4) is 5.75 Å². The molecule has 0 fully saturated rings. The summed E-state index contributed by atoms with van der Waals surface area (Å²) >= 11 is 0. The summed E-state index contributed by atoms with van der Waals surface area (Å²) in [7, 11) is 1.61. The Balaban J connectivity index is 1.98. The van der Waals surface area contributed by atoms with Crippen molar-refractivity contribution in [3.05, 3.63) is 70.5 Å². The Morgan fingerprint density at radius 3 is 2.71 bits per heavy atom.